The molecule has 0 spiro atoms. The van der Waals surface area contributed by atoms with Crippen LogP contribution in [-0.4, -0.2) is 41.6 Å². The largest absolute Gasteiger partial charge is 0.378 e. The number of thiazole rings is 1. The summed E-state index contributed by atoms with van der Waals surface area (Å²) in [6, 6.07) is 19.5. The van der Waals surface area contributed by atoms with Gasteiger partial charge in [0.15, 0.2) is 0 Å². The molecule has 0 radical (unpaired) electrons. The second-order valence-corrected chi connectivity index (χ2v) is 12.8. The van der Waals surface area contributed by atoms with E-state index in [1.54, 1.807) is 24.3 Å². The predicted octanol–water partition coefficient (Wildman–Crippen LogP) is 5.20. The third-order valence-corrected chi connectivity index (χ3v) is 10.2. The van der Waals surface area contributed by atoms with Crippen molar-refractivity contribution in [3.63, 3.8) is 0 Å². The van der Waals surface area contributed by atoms with Crippen LogP contribution < -0.4 is 20.0 Å². The standard InChI is InChI=1S/C30H24ClFN4O4S2/c1-34(2)20-11-3-16(4-12-20)23-24-25(28(39)36(27(24)38)21-13-7-18(32)8-14-21)41-29-26(23)42-30(40)35(29)15-22(37)33-19-9-5-17(31)6-10-19/h3-14,23-25H,15H2,1-2H3,(H,33,37)/t23-,24?,25?/m1/s1. The maximum absolute atomic E-state index is 13.9. The lowest BCUT2D eigenvalue weighted by atomic mass is 9.83. The molecule has 42 heavy (non-hydrogen) atoms. The molecule has 2 unspecified atom stereocenters. The van der Waals surface area contributed by atoms with E-state index in [-0.39, 0.29) is 17.1 Å². The van der Waals surface area contributed by atoms with Gasteiger partial charge in [0.1, 0.15) is 17.6 Å². The zero-order valence-corrected chi connectivity index (χ0v) is 24.8. The van der Waals surface area contributed by atoms with E-state index >= 15 is 0 Å². The highest BCUT2D eigenvalue weighted by molar-refractivity contribution is 8.00. The summed E-state index contributed by atoms with van der Waals surface area (Å²) < 4.78 is 15.0. The number of nitrogens with one attached hydrogen (secondary N) is 1. The number of nitrogens with zero attached hydrogens (tertiary/aromatic N) is 3. The van der Waals surface area contributed by atoms with Gasteiger partial charge in [-0.05, 0) is 66.2 Å². The minimum Gasteiger partial charge on any atom is -0.378 e. The number of carbonyl (C=O) groups is 3. The van der Waals surface area contributed by atoms with Gasteiger partial charge in [0, 0.05) is 41.3 Å². The van der Waals surface area contributed by atoms with Crippen LogP contribution in [0.1, 0.15) is 16.4 Å². The van der Waals surface area contributed by atoms with Crippen molar-refractivity contribution in [1.82, 2.24) is 4.57 Å². The first kappa shape index (κ1) is 28.2. The third-order valence-electron chi connectivity index (χ3n) is 7.33. The van der Waals surface area contributed by atoms with Crippen molar-refractivity contribution in [3.05, 3.63) is 104 Å². The SMILES string of the molecule is CN(C)c1ccc([C@H]2c3sc(=O)n(CC(=O)Nc4ccc(Cl)cc4)c3SC3C(=O)N(c4ccc(F)cc4)C(=O)C32)cc1. The average molecular weight is 623 g/mol. The molecule has 2 aliphatic heterocycles. The fraction of sp³-hybridized carbons (Fsp3) is 0.200. The molecule has 4 aromatic rings. The molecule has 0 bridgehead atoms. The van der Waals surface area contributed by atoms with E-state index in [4.69, 9.17) is 11.6 Å². The molecule has 2 aliphatic rings. The van der Waals surface area contributed by atoms with Crippen LogP contribution in [0.2, 0.25) is 5.02 Å². The van der Waals surface area contributed by atoms with Crippen LogP contribution in [0.3, 0.4) is 0 Å². The van der Waals surface area contributed by atoms with Gasteiger partial charge in [-0.15, -0.1) is 0 Å². The van der Waals surface area contributed by atoms with Gasteiger partial charge in [0.05, 0.1) is 16.6 Å². The highest BCUT2D eigenvalue weighted by Crippen LogP contribution is 2.54. The zero-order chi connectivity index (χ0) is 29.7. The Kier molecular flexibility index (Phi) is 7.42. The molecule has 12 heteroatoms. The van der Waals surface area contributed by atoms with Gasteiger partial charge in [-0.2, -0.15) is 0 Å². The van der Waals surface area contributed by atoms with Crippen LogP contribution in [0.5, 0.6) is 0 Å². The minimum absolute atomic E-state index is 0.270. The number of thioether (sulfide) groups is 1. The molecule has 0 aliphatic carbocycles. The normalized spacial score (nSPS) is 19.4. The van der Waals surface area contributed by atoms with E-state index in [1.165, 1.54) is 28.8 Å². The summed E-state index contributed by atoms with van der Waals surface area (Å²) in [6.07, 6.45) is 0. The van der Waals surface area contributed by atoms with E-state index in [9.17, 15) is 23.6 Å². The Balaban J connectivity index is 1.41. The fourth-order valence-electron chi connectivity index (χ4n) is 5.32. The van der Waals surface area contributed by atoms with Crippen molar-refractivity contribution in [3.8, 4) is 0 Å². The molecule has 0 saturated carbocycles. The van der Waals surface area contributed by atoms with Crippen molar-refractivity contribution >= 4 is 69.5 Å². The fourth-order valence-corrected chi connectivity index (χ4v) is 8.22. The van der Waals surface area contributed by atoms with E-state index in [1.807, 2.05) is 43.3 Å². The number of rotatable bonds is 6. The number of halogens is 2. The smallest absolute Gasteiger partial charge is 0.308 e. The molecule has 8 nitrogen and oxygen atoms in total. The van der Waals surface area contributed by atoms with Crippen molar-refractivity contribution in [2.75, 3.05) is 29.2 Å². The molecule has 1 aromatic heterocycles. The van der Waals surface area contributed by atoms with Crippen molar-refractivity contribution in [2.45, 2.75) is 22.7 Å². The molecule has 1 saturated heterocycles. The lowest BCUT2D eigenvalue weighted by molar-refractivity contribution is -0.122. The van der Waals surface area contributed by atoms with Gasteiger partial charge in [0.25, 0.3) is 0 Å². The Morgan fingerprint density at radius 2 is 1.62 bits per heavy atom. The number of fused-ring (bicyclic) bond motifs is 2. The first-order chi connectivity index (χ1) is 20.1. The second-order valence-electron chi connectivity index (χ2n) is 10.2. The van der Waals surface area contributed by atoms with Crippen molar-refractivity contribution < 1.29 is 18.8 Å². The molecule has 1 N–H and O–H groups in total. The Morgan fingerprint density at radius 1 is 0.952 bits per heavy atom. The van der Waals surface area contributed by atoms with Crippen LogP contribution in [0, 0.1) is 11.7 Å². The Hall–Kier alpha value is -3.93. The summed E-state index contributed by atoms with van der Waals surface area (Å²) in [6.45, 7) is -0.270. The van der Waals surface area contributed by atoms with Crippen molar-refractivity contribution in [1.29, 1.82) is 0 Å². The molecule has 3 atom stereocenters. The number of aromatic nitrogens is 1. The predicted molar refractivity (Wildman–Crippen MR) is 163 cm³/mol. The summed E-state index contributed by atoms with van der Waals surface area (Å²) in [5.41, 5.74) is 2.54. The summed E-state index contributed by atoms with van der Waals surface area (Å²) >= 11 is 8.05. The number of imide groups is 1. The number of benzene rings is 3. The van der Waals surface area contributed by atoms with E-state index in [0.717, 1.165) is 39.2 Å². The highest BCUT2D eigenvalue weighted by atomic mass is 35.5. The molecule has 1 fully saturated rings. The van der Waals surface area contributed by atoms with Crippen LogP contribution in [0.15, 0.2) is 82.6 Å². The molecule has 3 heterocycles. The second kappa shape index (κ2) is 11.0. The summed E-state index contributed by atoms with van der Waals surface area (Å²) in [4.78, 5) is 57.3. The van der Waals surface area contributed by atoms with Gasteiger partial charge in [-0.1, -0.05) is 46.8 Å². The van der Waals surface area contributed by atoms with Crippen LogP contribution in [-0.2, 0) is 20.9 Å². The Morgan fingerprint density at radius 3 is 2.26 bits per heavy atom. The number of hydrogen-bond acceptors (Lipinski definition) is 7. The third kappa shape index (κ3) is 5.01. The zero-order valence-electron chi connectivity index (χ0n) is 22.4. The monoisotopic (exact) mass is 622 g/mol. The quantitative estimate of drug-likeness (QED) is 0.297. The van der Waals surface area contributed by atoms with Gasteiger partial charge in [-0.3, -0.25) is 23.7 Å². The summed E-state index contributed by atoms with van der Waals surface area (Å²) in [5.74, 6) is -3.15. The molecule has 6 rings (SSSR count). The van der Waals surface area contributed by atoms with Crippen LogP contribution >= 0.6 is 34.7 Å². The molecular formula is C30H24ClFN4O4S2. The maximum atomic E-state index is 13.9. The number of carbonyl (C=O) groups excluding carboxylic acids is 3. The number of amides is 3. The highest BCUT2D eigenvalue weighted by Gasteiger charge is 2.56. The Bertz CT molecular complexity index is 1750. The number of hydrogen-bond donors (Lipinski definition) is 1. The Labute approximate surface area is 253 Å². The first-order valence-corrected chi connectivity index (χ1v) is 15.1. The van der Waals surface area contributed by atoms with E-state index < -0.39 is 40.6 Å². The number of anilines is 3. The lowest BCUT2D eigenvalue weighted by Gasteiger charge is -2.31. The molecular weight excluding hydrogens is 599 g/mol. The van der Waals surface area contributed by atoms with Crippen LogP contribution in [0.25, 0.3) is 0 Å². The molecule has 3 amide bonds. The maximum Gasteiger partial charge on any atom is 0.308 e. The lowest BCUT2D eigenvalue weighted by Crippen LogP contribution is -2.33. The van der Waals surface area contributed by atoms with Crippen LogP contribution in [0.4, 0.5) is 21.5 Å². The van der Waals surface area contributed by atoms with E-state index in [0.29, 0.717) is 20.6 Å². The minimum atomic E-state index is -0.840. The molecule has 214 valence electrons. The summed E-state index contributed by atoms with van der Waals surface area (Å²) in [7, 11) is 3.84. The average Bonchev–Trinajstić information content (AvgIpc) is 3.41. The van der Waals surface area contributed by atoms with Gasteiger partial charge < -0.3 is 10.2 Å². The van der Waals surface area contributed by atoms with Gasteiger partial charge >= 0.3 is 4.87 Å². The first-order valence-electron chi connectivity index (χ1n) is 13.0. The molecule has 3 aromatic carbocycles. The van der Waals surface area contributed by atoms with Gasteiger partial charge in [0.2, 0.25) is 17.7 Å². The van der Waals surface area contributed by atoms with Gasteiger partial charge in [-0.25, -0.2) is 9.29 Å². The van der Waals surface area contributed by atoms with Crippen molar-refractivity contribution in [2.24, 2.45) is 5.92 Å². The summed E-state index contributed by atoms with van der Waals surface area (Å²) in [5, 5.41) is 2.94. The van der Waals surface area contributed by atoms with E-state index in [2.05, 4.69) is 5.32 Å². The topological polar surface area (TPSA) is 91.7 Å².